The van der Waals surface area contributed by atoms with E-state index >= 15 is 0 Å². The first-order chi connectivity index (χ1) is 9.41. The highest BCUT2D eigenvalue weighted by molar-refractivity contribution is 7.15. The molecule has 0 spiro atoms. The minimum absolute atomic E-state index is 0.373. The van der Waals surface area contributed by atoms with Crippen molar-refractivity contribution in [3.8, 4) is 0 Å². The number of halogens is 3. The van der Waals surface area contributed by atoms with Gasteiger partial charge in [-0.2, -0.15) is 13.2 Å². The second kappa shape index (κ2) is 7.83. The molecule has 0 fully saturated rings. The lowest BCUT2D eigenvalue weighted by molar-refractivity contribution is -0.119. The SMILES string of the molecule is CCCc1nc(N(CCC)CC(F)(F)F)sc1CNC. The molecule has 0 bridgehead atoms. The fraction of sp³-hybridized carbons (Fsp3) is 0.769. The van der Waals surface area contributed by atoms with Crippen molar-refractivity contribution in [3.05, 3.63) is 10.6 Å². The number of alkyl halides is 3. The van der Waals surface area contributed by atoms with Crippen LogP contribution in [0.3, 0.4) is 0 Å². The van der Waals surface area contributed by atoms with Crippen LogP contribution in [0.25, 0.3) is 0 Å². The molecule has 0 saturated carbocycles. The van der Waals surface area contributed by atoms with E-state index in [-0.39, 0.29) is 0 Å². The van der Waals surface area contributed by atoms with Gasteiger partial charge in [0.05, 0.1) is 5.69 Å². The molecule has 0 unspecified atom stereocenters. The maximum Gasteiger partial charge on any atom is 0.406 e. The third kappa shape index (κ3) is 5.28. The summed E-state index contributed by atoms with van der Waals surface area (Å²) in [5.74, 6) is 0. The van der Waals surface area contributed by atoms with Crippen LogP contribution in [0.4, 0.5) is 18.3 Å². The molecule has 0 saturated heterocycles. The van der Waals surface area contributed by atoms with Crippen molar-refractivity contribution in [3.63, 3.8) is 0 Å². The third-order valence-electron chi connectivity index (χ3n) is 2.73. The number of nitrogens with one attached hydrogen (secondary N) is 1. The molecule has 1 aromatic heterocycles. The van der Waals surface area contributed by atoms with Crippen LogP contribution in [-0.4, -0.2) is 31.3 Å². The summed E-state index contributed by atoms with van der Waals surface area (Å²) in [7, 11) is 1.83. The molecule has 7 heteroatoms. The summed E-state index contributed by atoms with van der Waals surface area (Å²) < 4.78 is 37.9. The van der Waals surface area contributed by atoms with E-state index in [0.29, 0.717) is 24.6 Å². The van der Waals surface area contributed by atoms with Crippen molar-refractivity contribution in [1.82, 2.24) is 10.3 Å². The Balaban J connectivity index is 2.97. The van der Waals surface area contributed by atoms with Crippen LogP contribution in [0.1, 0.15) is 37.3 Å². The van der Waals surface area contributed by atoms with Gasteiger partial charge in [0.2, 0.25) is 0 Å². The second-order valence-electron chi connectivity index (χ2n) is 4.68. The highest BCUT2D eigenvalue weighted by atomic mass is 32.1. The summed E-state index contributed by atoms with van der Waals surface area (Å²) in [6.45, 7) is 4.01. The number of thiazole rings is 1. The van der Waals surface area contributed by atoms with Crippen LogP contribution in [0.5, 0.6) is 0 Å². The van der Waals surface area contributed by atoms with Crippen LogP contribution >= 0.6 is 11.3 Å². The number of nitrogens with zero attached hydrogens (tertiary/aromatic N) is 2. The predicted octanol–water partition coefficient (Wildman–Crippen LogP) is 3.59. The molecule has 0 aromatic carbocycles. The molecule has 0 atom stereocenters. The second-order valence-corrected chi connectivity index (χ2v) is 5.75. The van der Waals surface area contributed by atoms with Crippen LogP contribution in [0.2, 0.25) is 0 Å². The number of hydrogen-bond donors (Lipinski definition) is 1. The number of rotatable bonds is 8. The lowest BCUT2D eigenvalue weighted by Crippen LogP contribution is -2.34. The summed E-state index contributed by atoms with van der Waals surface area (Å²) in [4.78, 5) is 6.80. The molecule has 1 aromatic rings. The zero-order valence-electron chi connectivity index (χ0n) is 12.2. The average Bonchev–Trinajstić information content (AvgIpc) is 2.71. The number of aromatic nitrogens is 1. The quantitative estimate of drug-likeness (QED) is 0.795. The fourth-order valence-electron chi connectivity index (χ4n) is 1.96. The molecule has 1 rings (SSSR count). The zero-order valence-corrected chi connectivity index (χ0v) is 13.0. The lowest BCUT2D eigenvalue weighted by atomic mass is 10.2. The zero-order chi connectivity index (χ0) is 15.2. The van der Waals surface area contributed by atoms with Gasteiger partial charge in [-0.3, -0.25) is 0 Å². The van der Waals surface area contributed by atoms with Gasteiger partial charge in [0, 0.05) is 18.0 Å². The Hall–Kier alpha value is -0.820. The fourth-order valence-corrected chi connectivity index (χ4v) is 3.11. The standard InChI is InChI=1S/C13H22F3N3S/c1-4-6-10-11(8-17-3)20-12(18-10)19(7-5-2)9-13(14,15)16/h17H,4-9H2,1-3H3. The molecule has 1 N–H and O–H groups in total. The molecule has 0 aliphatic rings. The average molecular weight is 309 g/mol. The van der Waals surface area contributed by atoms with Gasteiger partial charge in [0.1, 0.15) is 6.54 Å². The lowest BCUT2D eigenvalue weighted by Gasteiger charge is -2.22. The molecule has 20 heavy (non-hydrogen) atoms. The topological polar surface area (TPSA) is 28.2 Å². The third-order valence-corrected chi connectivity index (χ3v) is 3.88. The minimum atomic E-state index is -4.20. The van der Waals surface area contributed by atoms with Crippen LogP contribution < -0.4 is 10.2 Å². The molecule has 0 amide bonds. The molecular weight excluding hydrogens is 287 g/mol. The van der Waals surface area contributed by atoms with E-state index in [1.54, 1.807) is 0 Å². The van der Waals surface area contributed by atoms with Crippen molar-refractivity contribution >= 4 is 16.5 Å². The van der Waals surface area contributed by atoms with Gasteiger partial charge in [-0.25, -0.2) is 4.98 Å². The first-order valence-electron chi connectivity index (χ1n) is 6.86. The first-order valence-corrected chi connectivity index (χ1v) is 7.67. The molecule has 1 heterocycles. The van der Waals surface area contributed by atoms with Crippen molar-refractivity contribution < 1.29 is 13.2 Å². The number of hydrogen-bond acceptors (Lipinski definition) is 4. The Morgan fingerprint density at radius 2 is 1.95 bits per heavy atom. The first kappa shape index (κ1) is 17.2. The van der Waals surface area contributed by atoms with Crippen molar-refractivity contribution in [2.45, 2.75) is 45.8 Å². The summed E-state index contributed by atoms with van der Waals surface area (Å²) in [5, 5.41) is 3.53. The summed E-state index contributed by atoms with van der Waals surface area (Å²) in [6, 6.07) is 0. The predicted molar refractivity (Wildman–Crippen MR) is 77.4 cm³/mol. The molecule has 0 aliphatic heterocycles. The Kier molecular flexibility index (Phi) is 6.75. The summed E-state index contributed by atoms with van der Waals surface area (Å²) >= 11 is 1.37. The van der Waals surface area contributed by atoms with Crippen molar-refractivity contribution in [2.24, 2.45) is 0 Å². The van der Waals surface area contributed by atoms with E-state index in [4.69, 9.17) is 0 Å². The number of aryl methyl sites for hydroxylation is 1. The van der Waals surface area contributed by atoms with Crippen LogP contribution in [0.15, 0.2) is 0 Å². The highest BCUT2D eigenvalue weighted by Gasteiger charge is 2.32. The van der Waals surface area contributed by atoms with Gasteiger partial charge in [0.25, 0.3) is 0 Å². The highest BCUT2D eigenvalue weighted by Crippen LogP contribution is 2.30. The van der Waals surface area contributed by atoms with E-state index in [1.165, 1.54) is 16.2 Å². The maximum absolute atomic E-state index is 12.6. The van der Waals surface area contributed by atoms with E-state index in [1.807, 2.05) is 20.9 Å². The summed E-state index contributed by atoms with van der Waals surface area (Å²) in [5.41, 5.74) is 0.921. The van der Waals surface area contributed by atoms with E-state index in [2.05, 4.69) is 10.3 Å². The molecule has 0 radical (unpaired) electrons. The van der Waals surface area contributed by atoms with E-state index in [9.17, 15) is 13.2 Å². The Morgan fingerprint density at radius 1 is 1.25 bits per heavy atom. The van der Waals surface area contributed by atoms with Gasteiger partial charge in [-0.15, -0.1) is 11.3 Å². The van der Waals surface area contributed by atoms with Crippen molar-refractivity contribution in [2.75, 3.05) is 25.0 Å². The van der Waals surface area contributed by atoms with Gasteiger partial charge < -0.3 is 10.2 Å². The van der Waals surface area contributed by atoms with E-state index in [0.717, 1.165) is 23.4 Å². The van der Waals surface area contributed by atoms with Gasteiger partial charge in [-0.1, -0.05) is 20.3 Å². The van der Waals surface area contributed by atoms with E-state index < -0.39 is 12.7 Å². The van der Waals surface area contributed by atoms with Crippen molar-refractivity contribution in [1.29, 1.82) is 0 Å². The van der Waals surface area contributed by atoms with Crippen LogP contribution in [0, 0.1) is 0 Å². The van der Waals surface area contributed by atoms with Gasteiger partial charge in [-0.05, 0) is 19.9 Å². The van der Waals surface area contributed by atoms with Gasteiger partial charge >= 0.3 is 6.18 Å². The Bertz CT molecular complexity index is 381. The molecule has 0 aliphatic carbocycles. The maximum atomic E-state index is 12.6. The Labute approximate surface area is 122 Å². The van der Waals surface area contributed by atoms with Crippen LogP contribution in [-0.2, 0) is 13.0 Å². The molecular formula is C13H22F3N3S. The molecule has 116 valence electrons. The summed E-state index contributed by atoms with van der Waals surface area (Å²) in [6.07, 6.45) is -1.79. The smallest absolute Gasteiger partial charge is 0.339 e. The number of anilines is 1. The normalized spacial score (nSPS) is 11.9. The monoisotopic (exact) mass is 309 g/mol. The van der Waals surface area contributed by atoms with Gasteiger partial charge in [0.15, 0.2) is 5.13 Å². The minimum Gasteiger partial charge on any atom is -0.339 e. The Morgan fingerprint density at radius 3 is 2.45 bits per heavy atom. The largest absolute Gasteiger partial charge is 0.406 e. The molecule has 3 nitrogen and oxygen atoms in total.